The minimum Gasteiger partial charge on any atom is -0.481 e. The molecule has 2 rings (SSSR count). The molecule has 0 saturated carbocycles. The fraction of sp³-hybridized carbons (Fsp3) is 0.154. The van der Waals surface area contributed by atoms with Gasteiger partial charge < -0.3 is 10.5 Å². The quantitative estimate of drug-likeness (QED) is 0.849. The van der Waals surface area contributed by atoms with Crippen molar-refractivity contribution in [3.05, 3.63) is 42.1 Å². The zero-order valence-corrected chi connectivity index (χ0v) is 10.0. The number of aromatic nitrogens is 1. The van der Waals surface area contributed by atoms with Gasteiger partial charge in [-0.2, -0.15) is 13.2 Å². The molecule has 2 aromatic rings. The number of halogens is 3. The van der Waals surface area contributed by atoms with Gasteiger partial charge in [-0.25, -0.2) is 4.98 Å². The van der Waals surface area contributed by atoms with Crippen LogP contribution >= 0.6 is 0 Å². The molecule has 0 aliphatic carbocycles. The molecule has 19 heavy (non-hydrogen) atoms. The van der Waals surface area contributed by atoms with Crippen LogP contribution in [-0.2, 0) is 6.18 Å². The van der Waals surface area contributed by atoms with Crippen LogP contribution in [0.2, 0.25) is 0 Å². The van der Waals surface area contributed by atoms with E-state index < -0.39 is 11.7 Å². The van der Waals surface area contributed by atoms with Crippen molar-refractivity contribution in [3.8, 4) is 17.0 Å². The summed E-state index contributed by atoms with van der Waals surface area (Å²) in [5.41, 5.74) is 5.02. The van der Waals surface area contributed by atoms with E-state index in [0.29, 0.717) is 11.1 Å². The van der Waals surface area contributed by atoms with Gasteiger partial charge in [-0.1, -0.05) is 6.07 Å². The Balaban J connectivity index is 2.58. The Morgan fingerprint density at radius 1 is 1.21 bits per heavy atom. The Bertz CT molecular complexity index is 597. The molecule has 0 amide bonds. The van der Waals surface area contributed by atoms with Gasteiger partial charge in [0.2, 0.25) is 5.88 Å². The highest BCUT2D eigenvalue weighted by Gasteiger charge is 2.33. The van der Waals surface area contributed by atoms with Gasteiger partial charge in [0.05, 0.1) is 12.7 Å². The lowest BCUT2D eigenvalue weighted by Crippen LogP contribution is -2.09. The smallest absolute Gasteiger partial charge is 0.418 e. The molecule has 0 aliphatic heterocycles. The number of rotatable bonds is 2. The van der Waals surface area contributed by atoms with Crippen LogP contribution in [0.1, 0.15) is 5.56 Å². The van der Waals surface area contributed by atoms with Crippen LogP contribution < -0.4 is 10.5 Å². The third kappa shape index (κ3) is 2.62. The monoisotopic (exact) mass is 268 g/mol. The molecule has 1 heterocycles. The van der Waals surface area contributed by atoms with Crippen LogP contribution in [0.5, 0.6) is 5.88 Å². The van der Waals surface area contributed by atoms with Crippen molar-refractivity contribution in [2.45, 2.75) is 6.18 Å². The summed E-state index contributed by atoms with van der Waals surface area (Å²) in [6.45, 7) is 0. The SMILES string of the molecule is COc1ncccc1-c1ccc(N)c(C(F)(F)F)c1. The molecule has 2 N–H and O–H groups in total. The molecule has 0 fully saturated rings. The van der Waals surface area contributed by atoms with E-state index in [-0.39, 0.29) is 11.6 Å². The molecule has 0 radical (unpaired) electrons. The molecule has 0 spiro atoms. The largest absolute Gasteiger partial charge is 0.481 e. The maximum absolute atomic E-state index is 12.8. The Morgan fingerprint density at radius 3 is 2.58 bits per heavy atom. The molecule has 6 heteroatoms. The minimum atomic E-state index is -4.49. The van der Waals surface area contributed by atoms with Gasteiger partial charge in [-0.15, -0.1) is 0 Å². The summed E-state index contributed by atoms with van der Waals surface area (Å²) in [4.78, 5) is 3.95. The summed E-state index contributed by atoms with van der Waals surface area (Å²) >= 11 is 0. The number of anilines is 1. The Kier molecular flexibility index (Phi) is 3.33. The van der Waals surface area contributed by atoms with Crippen LogP contribution in [0, 0.1) is 0 Å². The zero-order valence-electron chi connectivity index (χ0n) is 10.0. The number of nitrogens with zero attached hydrogens (tertiary/aromatic N) is 1. The number of hydrogen-bond donors (Lipinski definition) is 1. The zero-order chi connectivity index (χ0) is 14.0. The van der Waals surface area contributed by atoms with Gasteiger partial charge in [0.1, 0.15) is 0 Å². The second-order valence-corrected chi connectivity index (χ2v) is 3.86. The van der Waals surface area contributed by atoms with Gasteiger partial charge in [-0.3, -0.25) is 0 Å². The second kappa shape index (κ2) is 4.79. The first kappa shape index (κ1) is 13.2. The van der Waals surface area contributed by atoms with E-state index in [2.05, 4.69) is 4.98 Å². The maximum atomic E-state index is 12.8. The molecule has 1 aromatic heterocycles. The average Bonchev–Trinajstić information content (AvgIpc) is 2.38. The van der Waals surface area contributed by atoms with E-state index >= 15 is 0 Å². The van der Waals surface area contributed by atoms with E-state index in [1.54, 1.807) is 12.1 Å². The first-order valence-corrected chi connectivity index (χ1v) is 5.39. The fourth-order valence-electron chi connectivity index (χ4n) is 1.74. The van der Waals surface area contributed by atoms with E-state index in [4.69, 9.17) is 10.5 Å². The van der Waals surface area contributed by atoms with Crippen molar-refractivity contribution in [2.75, 3.05) is 12.8 Å². The molecule has 0 bridgehead atoms. The number of alkyl halides is 3. The molecule has 0 saturated heterocycles. The fourth-order valence-corrected chi connectivity index (χ4v) is 1.74. The molecule has 1 aromatic carbocycles. The van der Waals surface area contributed by atoms with Gasteiger partial charge >= 0.3 is 6.18 Å². The molecule has 100 valence electrons. The topological polar surface area (TPSA) is 48.1 Å². The highest BCUT2D eigenvalue weighted by Crippen LogP contribution is 2.37. The first-order chi connectivity index (χ1) is 8.93. The lowest BCUT2D eigenvalue weighted by atomic mass is 10.0. The molecule has 0 unspecified atom stereocenters. The molecular formula is C13H11F3N2O. The Morgan fingerprint density at radius 2 is 1.95 bits per heavy atom. The number of ether oxygens (including phenoxy) is 1. The lowest BCUT2D eigenvalue weighted by molar-refractivity contribution is -0.136. The summed E-state index contributed by atoms with van der Waals surface area (Å²) in [5, 5.41) is 0. The van der Waals surface area contributed by atoms with Crippen molar-refractivity contribution < 1.29 is 17.9 Å². The Labute approximate surface area is 107 Å². The summed E-state index contributed by atoms with van der Waals surface area (Å²) < 4.78 is 43.4. The van der Waals surface area contributed by atoms with Gasteiger partial charge in [-0.05, 0) is 29.8 Å². The van der Waals surface area contributed by atoms with Crippen molar-refractivity contribution in [1.29, 1.82) is 0 Å². The number of nitrogen functional groups attached to an aromatic ring is 1. The molecule has 0 aliphatic rings. The van der Waals surface area contributed by atoms with Crippen LogP contribution in [0.25, 0.3) is 11.1 Å². The first-order valence-electron chi connectivity index (χ1n) is 5.39. The number of nitrogens with two attached hydrogens (primary N) is 1. The van der Waals surface area contributed by atoms with E-state index in [0.717, 1.165) is 6.07 Å². The maximum Gasteiger partial charge on any atom is 0.418 e. The predicted molar refractivity (Wildman–Crippen MR) is 65.6 cm³/mol. The van der Waals surface area contributed by atoms with E-state index in [1.165, 1.54) is 25.4 Å². The number of pyridine rings is 1. The van der Waals surface area contributed by atoms with Crippen LogP contribution in [0.15, 0.2) is 36.5 Å². The normalized spacial score (nSPS) is 11.4. The van der Waals surface area contributed by atoms with Crippen LogP contribution in [-0.4, -0.2) is 12.1 Å². The van der Waals surface area contributed by atoms with E-state index in [1.807, 2.05) is 0 Å². The van der Waals surface area contributed by atoms with Crippen molar-refractivity contribution in [1.82, 2.24) is 4.98 Å². The van der Waals surface area contributed by atoms with Crippen LogP contribution in [0.3, 0.4) is 0 Å². The summed E-state index contributed by atoms with van der Waals surface area (Å²) in [6.07, 6.45) is -2.99. The Hall–Kier alpha value is -2.24. The number of benzene rings is 1. The van der Waals surface area contributed by atoms with Crippen molar-refractivity contribution in [2.24, 2.45) is 0 Å². The minimum absolute atomic E-state index is 0.264. The highest BCUT2D eigenvalue weighted by atomic mass is 19.4. The van der Waals surface area contributed by atoms with Crippen molar-refractivity contribution in [3.63, 3.8) is 0 Å². The predicted octanol–water partition coefficient (Wildman–Crippen LogP) is 3.36. The summed E-state index contributed by atoms with van der Waals surface area (Å²) in [5.74, 6) is 0.264. The lowest BCUT2D eigenvalue weighted by Gasteiger charge is -2.13. The third-order valence-electron chi connectivity index (χ3n) is 2.63. The average molecular weight is 268 g/mol. The molecular weight excluding hydrogens is 257 g/mol. The van der Waals surface area contributed by atoms with Gasteiger partial charge in [0.15, 0.2) is 0 Å². The van der Waals surface area contributed by atoms with E-state index in [9.17, 15) is 13.2 Å². The number of hydrogen-bond acceptors (Lipinski definition) is 3. The van der Waals surface area contributed by atoms with Crippen LogP contribution in [0.4, 0.5) is 18.9 Å². The summed E-state index contributed by atoms with van der Waals surface area (Å²) in [7, 11) is 1.41. The molecule has 3 nitrogen and oxygen atoms in total. The van der Waals surface area contributed by atoms with Gasteiger partial charge in [0.25, 0.3) is 0 Å². The molecule has 0 atom stereocenters. The van der Waals surface area contributed by atoms with Gasteiger partial charge in [0, 0.05) is 17.4 Å². The standard InChI is InChI=1S/C13H11F3N2O/c1-19-12-9(3-2-6-18-12)8-4-5-11(17)10(7-8)13(14,15)16/h2-7H,17H2,1H3. The van der Waals surface area contributed by atoms with Crippen molar-refractivity contribution >= 4 is 5.69 Å². The number of methoxy groups -OCH3 is 1. The second-order valence-electron chi connectivity index (χ2n) is 3.86. The highest BCUT2D eigenvalue weighted by molar-refractivity contribution is 5.71. The summed E-state index contributed by atoms with van der Waals surface area (Å²) in [6, 6.07) is 6.99. The third-order valence-corrected chi connectivity index (χ3v) is 2.63.